The zero-order chi connectivity index (χ0) is 15.1. The Morgan fingerprint density at radius 1 is 1.10 bits per heavy atom. The summed E-state index contributed by atoms with van der Waals surface area (Å²) in [4.78, 5) is 0.500. The molecule has 0 aromatic heterocycles. The van der Waals surface area contributed by atoms with Crippen LogP contribution in [0.3, 0.4) is 0 Å². The lowest BCUT2D eigenvalue weighted by molar-refractivity contribution is 0.257. The number of hydrogen-bond acceptors (Lipinski definition) is 1. The smallest absolute Gasteiger partial charge is 0.119 e. The molecule has 0 amide bonds. The minimum absolute atomic E-state index is 0.500. The minimum Gasteiger partial charge on any atom is -0.494 e. The third-order valence-electron chi connectivity index (χ3n) is 4.78. The molecule has 0 heterocycles. The van der Waals surface area contributed by atoms with Crippen LogP contribution in [0.2, 0.25) is 0 Å². The Hall–Kier alpha value is -0.500. The Morgan fingerprint density at radius 2 is 1.76 bits per heavy atom. The molecular formula is C19H29BrO. The van der Waals surface area contributed by atoms with Crippen molar-refractivity contribution >= 4 is 15.9 Å². The van der Waals surface area contributed by atoms with Gasteiger partial charge in [-0.2, -0.15) is 0 Å². The second-order valence-corrected chi connectivity index (χ2v) is 7.31. The summed E-state index contributed by atoms with van der Waals surface area (Å²) >= 11 is 3.94. The standard InChI is InChI=1S/C19H29BrO/c1-3-5-6-15-7-9-16(10-8-15)19(20)17-11-13-18(14-12-17)21-4-2/h11-16,19H,3-10H2,1-2H3. The van der Waals surface area contributed by atoms with Gasteiger partial charge in [-0.3, -0.25) is 0 Å². The van der Waals surface area contributed by atoms with Crippen LogP contribution in [0, 0.1) is 11.8 Å². The first-order chi connectivity index (χ1) is 10.2. The highest BCUT2D eigenvalue weighted by molar-refractivity contribution is 9.09. The monoisotopic (exact) mass is 352 g/mol. The molecule has 0 N–H and O–H groups in total. The molecule has 1 aromatic carbocycles. The molecule has 0 aliphatic heterocycles. The lowest BCUT2D eigenvalue weighted by Crippen LogP contribution is -2.18. The Labute approximate surface area is 138 Å². The SMILES string of the molecule is CCCCC1CCC(C(Br)c2ccc(OCC)cc2)CC1. The third kappa shape index (κ3) is 5.02. The fraction of sp³-hybridized carbons (Fsp3) is 0.684. The van der Waals surface area contributed by atoms with Gasteiger partial charge in [-0.1, -0.05) is 67.1 Å². The predicted octanol–water partition coefficient (Wildman–Crippen LogP) is 6.52. The van der Waals surface area contributed by atoms with E-state index in [1.165, 1.54) is 50.5 Å². The van der Waals surface area contributed by atoms with Crippen molar-refractivity contribution in [2.45, 2.75) is 63.6 Å². The van der Waals surface area contributed by atoms with Gasteiger partial charge in [0, 0.05) is 4.83 Å². The first kappa shape index (κ1) is 16.9. The number of halogens is 1. The van der Waals surface area contributed by atoms with Crippen LogP contribution in [-0.2, 0) is 0 Å². The fourth-order valence-corrected chi connectivity index (χ4v) is 4.28. The summed E-state index contributed by atoms with van der Waals surface area (Å²) < 4.78 is 5.52. The summed E-state index contributed by atoms with van der Waals surface area (Å²) in [5.74, 6) is 2.76. The number of benzene rings is 1. The van der Waals surface area contributed by atoms with Gasteiger partial charge in [0.25, 0.3) is 0 Å². The van der Waals surface area contributed by atoms with E-state index in [0.29, 0.717) is 4.83 Å². The van der Waals surface area contributed by atoms with Gasteiger partial charge in [-0.25, -0.2) is 0 Å². The first-order valence-electron chi connectivity index (χ1n) is 8.61. The van der Waals surface area contributed by atoms with Crippen LogP contribution in [0.1, 0.15) is 69.2 Å². The number of unbranched alkanes of at least 4 members (excludes halogenated alkanes) is 1. The Morgan fingerprint density at radius 3 is 2.33 bits per heavy atom. The molecule has 1 unspecified atom stereocenters. The summed E-state index contributed by atoms with van der Waals surface area (Å²) in [6.45, 7) is 5.06. The van der Waals surface area contributed by atoms with Gasteiger partial charge in [0.15, 0.2) is 0 Å². The largest absolute Gasteiger partial charge is 0.494 e. The van der Waals surface area contributed by atoms with Crippen LogP contribution in [-0.4, -0.2) is 6.61 Å². The number of alkyl halides is 1. The molecule has 2 heteroatoms. The molecule has 1 aliphatic rings. The highest BCUT2D eigenvalue weighted by Crippen LogP contribution is 2.42. The van der Waals surface area contributed by atoms with E-state index in [0.717, 1.165) is 24.2 Å². The Bertz CT molecular complexity index is 393. The molecule has 1 saturated carbocycles. The van der Waals surface area contributed by atoms with Crippen molar-refractivity contribution in [1.29, 1.82) is 0 Å². The second kappa shape index (κ2) is 8.82. The summed E-state index contributed by atoms with van der Waals surface area (Å²) in [7, 11) is 0. The van der Waals surface area contributed by atoms with Crippen molar-refractivity contribution in [2.75, 3.05) is 6.61 Å². The molecule has 118 valence electrons. The molecular weight excluding hydrogens is 324 g/mol. The summed E-state index contributed by atoms with van der Waals surface area (Å²) in [6.07, 6.45) is 9.78. The zero-order valence-corrected chi connectivity index (χ0v) is 15.1. The highest BCUT2D eigenvalue weighted by atomic mass is 79.9. The van der Waals surface area contributed by atoms with Crippen molar-refractivity contribution in [2.24, 2.45) is 11.8 Å². The van der Waals surface area contributed by atoms with E-state index in [4.69, 9.17) is 4.74 Å². The molecule has 1 aromatic rings. The van der Waals surface area contributed by atoms with Crippen LogP contribution < -0.4 is 4.74 Å². The lowest BCUT2D eigenvalue weighted by Gasteiger charge is -2.31. The van der Waals surface area contributed by atoms with Gasteiger partial charge in [0.05, 0.1) is 6.61 Å². The van der Waals surface area contributed by atoms with Crippen molar-refractivity contribution in [1.82, 2.24) is 0 Å². The maximum atomic E-state index is 5.52. The first-order valence-corrected chi connectivity index (χ1v) is 9.53. The van der Waals surface area contributed by atoms with E-state index < -0.39 is 0 Å². The average Bonchev–Trinajstić information content (AvgIpc) is 2.54. The normalized spacial score (nSPS) is 23.8. The van der Waals surface area contributed by atoms with Gasteiger partial charge in [-0.15, -0.1) is 0 Å². The van der Waals surface area contributed by atoms with E-state index in [1.807, 2.05) is 6.92 Å². The van der Waals surface area contributed by atoms with E-state index in [-0.39, 0.29) is 0 Å². The zero-order valence-electron chi connectivity index (χ0n) is 13.5. The maximum Gasteiger partial charge on any atom is 0.119 e. The molecule has 0 saturated heterocycles. The van der Waals surface area contributed by atoms with E-state index in [9.17, 15) is 0 Å². The van der Waals surface area contributed by atoms with Crippen molar-refractivity contribution in [3.8, 4) is 5.75 Å². The second-order valence-electron chi connectivity index (χ2n) is 6.33. The molecule has 21 heavy (non-hydrogen) atoms. The Kier molecular flexibility index (Phi) is 7.09. The lowest BCUT2D eigenvalue weighted by atomic mass is 9.77. The van der Waals surface area contributed by atoms with Crippen LogP contribution >= 0.6 is 15.9 Å². The predicted molar refractivity (Wildman–Crippen MR) is 94.3 cm³/mol. The Balaban J connectivity index is 1.84. The van der Waals surface area contributed by atoms with Crippen molar-refractivity contribution in [3.05, 3.63) is 29.8 Å². The van der Waals surface area contributed by atoms with Crippen LogP contribution in [0.15, 0.2) is 24.3 Å². The molecule has 0 radical (unpaired) electrons. The van der Waals surface area contributed by atoms with Gasteiger partial charge >= 0.3 is 0 Å². The topological polar surface area (TPSA) is 9.23 Å². The molecule has 0 bridgehead atoms. The van der Waals surface area contributed by atoms with Crippen molar-refractivity contribution in [3.63, 3.8) is 0 Å². The molecule has 1 aliphatic carbocycles. The van der Waals surface area contributed by atoms with Crippen molar-refractivity contribution < 1.29 is 4.74 Å². The van der Waals surface area contributed by atoms with Gasteiger partial charge in [0.1, 0.15) is 5.75 Å². The van der Waals surface area contributed by atoms with Gasteiger partial charge in [-0.05, 0) is 49.3 Å². The summed E-state index contributed by atoms with van der Waals surface area (Å²) in [5.41, 5.74) is 1.40. The number of hydrogen-bond donors (Lipinski definition) is 0. The van der Waals surface area contributed by atoms with E-state index in [1.54, 1.807) is 0 Å². The molecule has 1 atom stereocenters. The molecule has 1 nitrogen and oxygen atoms in total. The number of rotatable bonds is 7. The maximum absolute atomic E-state index is 5.52. The fourth-order valence-electron chi connectivity index (χ4n) is 3.45. The molecule has 2 rings (SSSR count). The minimum atomic E-state index is 0.500. The van der Waals surface area contributed by atoms with E-state index in [2.05, 4.69) is 47.1 Å². The van der Waals surface area contributed by atoms with Gasteiger partial charge in [0.2, 0.25) is 0 Å². The number of ether oxygens (including phenoxy) is 1. The van der Waals surface area contributed by atoms with Crippen LogP contribution in [0.25, 0.3) is 0 Å². The highest BCUT2D eigenvalue weighted by Gasteiger charge is 2.26. The average molecular weight is 353 g/mol. The van der Waals surface area contributed by atoms with Gasteiger partial charge < -0.3 is 4.74 Å². The molecule has 1 fully saturated rings. The molecule has 0 spiro atoms. The van der Waals surface area contributed by atoms with Crippen LogP contribution in [0.4, 0.5) is 0 Å². The van der Waals surface area contributed by atoms with Crippen LogP contribution in [0.5, 0.6) is 5.75 Å². The summed E-state index contributed by atoms with van der Waals surface area (Å²) in [6, 6.07) is 8.63. The summed E-state index contributed by atoms with van der Waals surface area (Å²) in [5, 5.41) is 0. The quantitative estimate of drug-likeness (QED) is 0.507. The third-order valence-corrected chi connectivity index (χ3v) is 6.06. The van der Waals surface area contributed by atoms with E-state index >= 15 is 0 Å².